The van der Waals surface area contributed by atoms with Gasteiger partial charge in [0.15, 0.2) is 0 Å². The number of esters is 1. The minimum atomic E-state index is -0.212. The molecule has 0 bridgehead atoms. The van der Waals surface area contributed by atoms with Gasteiger partial charge in [-0.25, -0.2) is 0 Å². The highest BCUT2D eigenvalue weighted by Gasteiger charge is 2.51. The van der Waals surface area contributed by atoms with Crippen LogP contribution in [0.2, 0.25) is 0 Å². The molecule has 5 heteroatoms. The van der Waals surface area contributed by atoms with Crippen LogP contribution in [0.25, 0.3) is 10.4 Å². The minimum Gasteiger partial charge on any atom is -0.462 e. The Morgan fingerprint density at radius 3 is 2.71 bits per heavy atom. The summed E-state index contributed by atoms with van der Waals surface area (Å²) in [6.45, 7) is 4.73. The predicted molar refractivity (Wildman–Crippen MR) is 63.1 cm³/mol. The quantitative estimate of drug-likeness (QED) is 0.320. The van der Waals surface area contributed by atoms with Crippen molar-refractivity contribution in [1.82, 2.24) is 0 Å². The highest BCUT2D eigenvalue weighted by atomic mass is 16.6. The summed E-state index contributed by atoms with van der Waals surface area (Å²) in [4.78, 5) is 14.3. The lowest BCUT2D eigenvalue weighted by Gasteiger charge is -2.41. The number of hydrogen-bond acceptors (Lipinski definition) is 3. The Hall–Kier alpha value is -1.22. The lowest BCUT2D eigenvalue weighted by Crippen LogP contribution is -2.39. The molecule has 0 aromatic heterocycles. The van der Waals surface area contributed by atoms with Crippen LogP contribution in [0, 0.1) is 17.3 Å². The molecule has 1 saturated carbocycles. The summed E-state index contributed by atoms with van der Waals surface area (Å²) in [7, 11) is 0. The number of ether oxygens (including phenoxy) is 1. The number of carbonyl (C=O) groups excluding carboxylic acids is 1. The third-order valence-electron chi connectivity index (χ3n) is 4.08. The zero-order valence-electron chi connectivity index (χ0n) is 10.4. The number of carbonyl (C=O) groups is 1. The van der Waals surface area contributed by atoms with E-state index in [2.05, 4.69) is 23.9 Å². The zero-order chi connectivity index (χ0) is 12.5. The molecule has 5 nitrogen and oxygen atoms in total. The first-order valence-corrected chi connectivity index (χ1v) is 6.26. The van der Waals surface area contributed by atoms with Crippen molar-refractivity contribution < 1.29 is 9.53 Å². The molecular formula is C12H19N3O2. The van der Waals surface area contributed by atoms with Gasteiger partial charge in [0.1, 0.15) is 6.10 Å². The second kappa shape index (κ2) is 4.57. The van der Waals surface area contributed by atoms with Gasteiger partial charge in [0, 0.05) is 10.3 Å². The highest BCUT2D eigenvalue weighted by molar-refractivity contribution is 5.73. The Balaban J connectivity index is 2.19. The number of cyclic esters (lactones) is 1. The molecule has 17 heavy (non-hydrogen) atoms. The van der Waals surface area contributed by atoms with Gasteiger partial charge in [-0.3, -0.25) is 4.79 Å². The summed E-state index contributed by atoms with van der Waals surface area (Å²) < 4.78 is 5.35. The van der Waals surface area contributed by atoms with Crippen LogP contribution in [0.4, 0.5) is 0 Å². The van der Waals surface area contributed by atoms with E-state index in [4.69, 9.17) is 10.3 Å². The van der Waals surface area contributed by atoms with Crippen molar-refractivity contribution in [2.45, 2.75) is 45.6 Å². The minimum absolute atomic E-state index is 0.0810. The van der Waals surface area contributed by atoms with Crippen molar-refractivity contribution in [3.63, 3.8) is 0 Å². The molecule has 0 aromatic carbocycles. The molecule has 94 valence electrons. The Bertz CT molecular complexity index is 353. The normalized spacial score (nSPS) is 41.1. The van der Waals surface area contributed by atoms with E-state index < -0.39 is 0 Å². The smallest absolute Gasteiger partial charge is 0.306 e. The first-order valence-electron chi connectivity index (χ1n) is 6.26. The monoisotopic (exact) mass is 237 g/mol. The molecule has 3 unspecified atom stereocenters. The standard InChI is InChI=1S/C12H19N3O2/c1-8-3-9(2)5-12(4-8)6-11(16)17-10(12)7-14-15-13/h8-10H,3-7H2,1-2H3. The van der Waals surface area contributed by atoms with E-state index in [0.717, 1.165) is 12.8 Å². The molecule has 1 saturated heterocycles. The maximum absolute atomic E-state index is 11.5. The number of nitrogens with zero attached hydrogens (tertiary/aromatic N) is 3. The van der Waals surface area contributed by atoms with E-state index in [1.165, 1.54) is 6.42 Å². The van der Waals surface area contributed by atoms with E-state index >= 15 is 0 Å². The summed E-state index contributed by atoms with van der Waals surface area (Å²) >= 11 is 0. The Morgan fingerprint density at radius 1 is 1.47 bits per heavy atom. The summed E-state index contributed by atoms with van der Waals surface area (Å²) in [5, 5.41) is 3.59. The molecule has 1 aliphatic heterocycles. The first kappa shape index (κ1) is 12.2. The second-order valence-electron chi connectivity index (χ2n) is 5.79. The van der Waals surface area contributed by atoms with E-state index in [0.29, 0.717) is 18.3 Å². The van der Waals surface area contributed by atoms with Crippen molar-refractivity contribution in [1.29, 1.82) is 0 Å². The lowest BCUT2D eigenvalue weighted by molar-refractivity contribution is -0.141. The average molecular weight is 237 g/mol. The molecule has 1 aliphatic carbocycles. The SMILES string of the molecule is CC1CC(C)CC2(CC(=O)OC2CN=[N+]=[N-])C1. The average Bonchev–Trinajstić information content (AvgIpc) is 2.49. The van der Waals surface area contributed by atoms with E-state index in [1.807, 2.05) is 0 Å². The van der Waals surface area contributed by atoms with Gasteiger partial charge in [-0.1, -0.05) is 19.0 Å². The van der Waals surface area contributed by atoms with Crippen molar-refractivity contribution in [3.05, 3.63) is 10.4 Å². The second-order valence-corrected chi connectivity index (χ2v) is 5.79. The molecule has 2 aliphatic rings. The van der Waals surface area contributed by atoms with Crippen LogP contribution >= 0.6 is 0 Å². The summed E-state index contributed by atoms with van der Waals surface area (Å²) in [5.74, 6) is 1.09. The van der Waals surface area contributed by atoms with Crippen LogP contribution in [-0.2, 0) is 9.53 Å². The van der Waals surface area contributed by atoms with Gasteiger partial charge in [-0.05, 0) is 36.6 Å². The third kappa shape index (κ3) is 2.39. The van der Waals surface area contributed by atoms with Crippen LogP contribution in [0.1, 0.15) is 39.5 Å². The van der Waals surface area contributed by atoms with Crippen LogP contribution in [-0.4, -0.2) is 18.6 Å². The molecule has 0 radical (unpaired) electrons. The summed E-state index contributed by atoms with van der Waals surface area (Å²) in [6.07, 6.45) is 3.51. The predicted octanol–water partition coefficient (Wildman–Crippen LogP) is 3.05. The van der Waals surface area contributed by atoms with Crippen molar-refractivity contribution in [2.75, 3.05) is 6.54 Å². The lowest BCUT2D eigenvalue weighted by atomic mass is 9.63. The molecule has 0 N–H and O–H groups in total. The Labute approximate surface area is 101 Å². The fourth-order valence-electron chi connectivity index (χ4n) is 3.80. The maximum atomic E-state index is 11.5. The fourth-order valence-corrected chi connectivity index (χ4v) is 3.80. The number of rotatable bonds is 2. The summed E-state index contributed by atoms with van der Waals surface area (Å²) in [6, 6.07) is 0. The van der Waals surface area contributed by atoms with Gasteiger partial charge in [0.25, 0.3) is 0 Å². The third-order valence-corrected chi connectivity index (χ3v) is 4.08. The fraction of sp³-hybridized carbons (Fsp3) is 0.917. The van der Waals surface area contributed by atoms with Crippen molar-refractivity contribution in [2.24, 2.45) is 22.4 Å². The largest absolute Gasteiger partial charge is 0.462 e. The number of azide groups is 1. The Kier molecular flexibility index (Phi) is 3.29. The maximum Gasteiger partial charge on any atom is 0.306 e. The van der Waals surface area contributed by atoms with Crippen molar-refractivity contribution >= 4 is 5.97 Å². The van der Waals surface area contributed by atoms with Crippen LogP contribution in [0.3, 0.4) is 0 Å². The molecule has 1 heterocycles. The van der Waals surface area contributed by atoms with Crippen LogP contribution in [0.15, 0.2) is 5.11 Å². The van der Waals surface area contributed by atoms with Gasteiger partial charge in [-0.15, -0.1) is 0 Å². The van der Waals surface area contributed by atoms with Gasteiger partial charge >= 0.3 is 5.97 Å². The highest BCUT2D eigenvalue weighted by Crippen LogP contribution is 2.51. The van der Waals surface area contributed by atoms with Gasteiger partial charge < -0.3 is 4.74 Å². The molecule has 2 fully saturated rings. The molecule has 0 amide bonds. The zero-order valence-corrected chi connectivity index (χ0v) is 10.4. The van der Waals surface area contributed by atoms with Gasteiger partial charge in [-0.2, -0.15) is 0 Å². The number of hydrogen-bond donors (Lipinski definition) is 0. The Morgan fingerprint density at radius 2 is 2.12 bits per heavy atom. The van der Waals surface area contributed by atoms with Gasteiger partial charge in [0.05, 0.1) is 13.0 Å². The summed E-state index contributed by atoms with van der Waals surface area (Å²) in [5.41, 5.74) is 8.32. The molecule has 2 rings (SSSR count). The van der Waals surface area contributed by atoms with Crippen molar-refractivity contribution in [3.8, 4) is 0 Å². The van der Waals surface area contributed by atoms with Crippen LogP contribution in [0.5, 0.6) is 0 Å². The topological polar surface area (TPSA) is 75.1 Å². The molecular weight excluding hydrogens is 218 g/mol. The molecule has 3 atom stereocenters. The van der Waals surface area contributed by atoms with Crippen LogP contribution < -0.4 is 0 Å². The van der Waals surface area contributed by atoms with E-state index in [1.54, 1.807) is 0 Å². The molecule has 1 spiro atoms. The van der Waals surface area contributed by atoms with Gasteiger partial charge in [0.2, 0.25) is 0 Å². The molecule has 0 aromatic rings. The first-order chi connectivity index (χ1) is 8.05. The van der Waals surface area contributed by atoms with E-state index in [-0.39, 0.29) is 24.0 Å². The van der Waals surface area contributed by atoms with E-state index in [9.17, 15) is 4.79 Å².